The van der Waals surface area contributed by atoms with Crippen molar-refractivity contribution in [2.75, 3.05) is 0 Å². The first-order valence-corrected chi connectivity index (χ1v) is 9.71. The van der Waals surface area contributed by atoms with Crippen LogP contribution in [0.15, 0.2) is 18.2 Å². The van der Waals surface area contributed by atoms with Crippen molar-refractivity contribution in [3.05, 3.63) is 29.6 Å². The van der Waals surface area contributed by atoms with Crippen molar-refractivity contribution >= 4 is 0 Å². The molecule has 0 aliphatic heterocycles. The highest BCUT2D eigenvalue weighted by molar-refractivity contribution is 5.00. The Labute approximate surface area is 139 Å². The van der Waals surface area contributed by atoms with E-state index in [4.69, 9.17) is 0 Å². The average Bonchev–Trinajstić information content (AvgIpc) is 2.51. The molecule has 0 aliphatic carbocycles. The lowest BCUT2D eigenvalue weighted by Crippen LogP contribution is -2.40. The van der Waals surface area contributed by atoms with E-state index in [-0.39, 0.29) is 0 Å². The van der Waals surface area contributed by atoms with E-state index in [1.165, 1.54) is 95.0 Å². The predicted octanol–water partition coefficient (Wildman–Crippen LogP) is 6.29. The second-order valence-corrected chi connectivity index (χ2v) is 6.85. The molecule has 22 heavy (non-hydrogen) atoms. The van der Waals surface area contributed by atoms with Crippen LogP contribution >= 0.6 is 0 Å². The number of aryl methyl sites for hydroxylation is 2. The predicted molar refractivity (Wildman–Crippen MR) is 97.2 cm³/mol. The first-order valence-electron chi connectivity index (χ1n) is 9.71. The SMILES string of the molecule is CCCCCCCCCCCCCC[n+]1c(C)cccc1C. The highest BCUT2D eigenvalue weighted by atomic mass is 15.0. The van der Waals surface area contributed by atoms with Gasteiger partial charge in [0.25, 0.3) is 0 Å². The minimum atomic E-state index is 1.19. The summed E-state index contributed by atoms with van der Waals surface area (Å²) in [5.74, 6) is 0. The molecule has 0 radical (unpaired) electrons. The smallest absolute Gasteiger partial charge is 0.178 e. The van der Waals surface area contributed by atoms with Crippen molar-refractivity contribution in [2.24, 2.45) is 0 Å². The van der Waals surface area contributed by atoms with Gasteiger partial charge in [0.15, 0.2) is 11.4 Å². The number of pyridine rings is 1. The Kier molecular flexibility index (Phi) is 11.1. The lowest BCUT2D eigenvalue weighted by Gasteiger charge is -2.04. The molecule has 0 atom stereocenters. The fourth-order valence-corrected chi connectivity index (χ4v) is 3.25. The summed E-state index contributed by atoms with van der Waals surface area (Å²) in [5, 5.41) is 0. The molecule has 0 bridgehead atoms. The van der Waals surface area contributed by atoms with Gasteiger partial charge in [0.2, 0.25) is 0 Å². The summed E-state index contributed by atoms with van der Waals surface area (Å²) in [6.07, 6.45) is 17.1. The zero-order valence-corrected chi connectivity index (χ0v) is 15.4. The first kappa shape index (κ1) is 19.2. The number of hydrogen-bond acceptors (Lipinski definition) is 0. The molecule has 126 valence electrons. The van der Waals surface area contributed by atoms with Gasteiger partial charge in [0.1, 0.15) is 6.54 Å². The average molecular weight is 305 g/mol. The molecule has 1 heterocycles. The molecular formula is C21H38N+. The summed E-state index contributed by atoms with van der Waals surface area (Å²) >= 11 is 0. The van der Waals surface area contributed by atoms with Crippen LogP contribution in [0.4, 0.5) is 0 Å². The fourth-order valence-electron chi connectivity index (χ4n) is 3.25. The van der Waals surface area contributed by atoms with Gasteiger partial charge in [0, 0.05) is 32.4 Å². The van der Waals surface area contributed by atoms with Gasteiger partial charge >= 0.3 is 0 Å². The van der Waals surface area contributed by atoms with Crippen LogP contribution < -0.4 is 4.57 Å². The molecule has 1 nitrogen and oxygen atoms in total. The lowest BCUT2D eigenvalue weighted by molar-refractivity contribution is -0.709. The molecule has 0 aromatic carbocycles. The van der Waals surface area contributed by atoms with Gasteiger partial charge in [-0.15, -0.1) is 0 Å². The molecule has 0 aliphatic rings. The highest BCUT2D eigenvalue weighted by Crippen LogP contribution is 2.12. The molecule has 0 saturated heterocycles. The van der Waals surface area contributed by atoms with Crippen LogP contribution in [0.1, 0.15) is 95.4 Å². The molecule has 0 saturated carbocycles. The van der Waals surface area contributed by atoms with Crippen molar-refractivity contribution in [1.82, 2.24) is 0 Å². The summed E-state index contributed by atoms with van der Waals surface area (Å²) in [6, 6.07) is 6.59. The van der Waals surface area contributed by atoms with Crippen LogP contribution in [0.5, 0.6) is 0 Å². The number of nitrogens with zero attached hydrogens (tertiary/aromatic N) is 1. The Hall–Kier alpha value is -0.850. The quantitative estimate of drug-likeness (QED) is 0.298. The molecule has 1 heteroatoms. The van der Waals surface area contributed by atoms with E-state index in [2.05, 4.69) is 43.5 Å². The van der Waals surface area contributed by atoms with E-state index in [1.54, 1.807) is 0 Å². The summed E-state index contributed by atoms with van der Waals surface area (Å²) in [6.45, 7) is 7.91. The normalized spacial score (nSPS) is 11.0. The topological polar surface area (TPSA) is 3.88 Å². The van der Waals surface area contributed by atoms with Crippen molar-refractivity contribution in [2.45, 2.75) is 104 Å². The largest absolute Gasteiger partial charge is 0.200 e. The van der Waals surface area contributed by atoms with Gasteiger partial charge < -0.3 is 0 Å². The Bertz CT molecular complexity index is 363. The number of aromatic nitrogens is 1. The van der Waals surface area contributed by atoms with Crippen LogP contribution in [0.25, 0.3) is 0 Å². The van der Waals surface area contributed by atoms with Gasteiger partial charge in [-0.2, -0.15) is 0 Å². The summed E-state index contributed by atoms with van der Waals surface area (Å²) in [5.41, 5.74) is 2.78. The third-order valence-electron chi connectivity index (χ3n) is 4.76. The van der Waals surface area contributed by atoms with E-state index < -0.39 is 0 Å². The van der Waals surface area contributed by atoms with Gasteiger partial charge in [0.05, 0.1) is 0 Å². The Morgan fingerprint density at radius 2 is 1.05 bits per heavy atom. The molecule has 1 aromatic heterocycles. The maximum Gasteiger partial charge on any atom is 0.178 e. The van der Waals surface area contributed by atoms with Crippen molar-refractivity contribution < 1.29 is 4.57 Å². The van der Waals surface area contributed by atoms with E-state index in [0.717, 1.165) is 0 Å². The summed E-state index contributed by atoms with van der Waals surface area (Å²) in [7, 11) is 0. The zero-order chi connectivity index (χ0) is 16.0. The van der Waals surface area contributed by atoms with Crippen molar-refractivity contribution in [3.63, 3.8) is 0 Å². The minimum Gasteiger partial charge on any atom is -0.200 e. The fraction of sp³-hybridized carbons (Fsp3) is 0.762. The number of hydrogen-bond donors (Lipinski definition) is 0. The molecule has 1 rings (SSSR count). The van der Waals surface area contributed by atoms with Crippen molar-refractivity contribution in [3.8, 4) is 0 Å². The van der Waals surface area contributed by atoms with E-state index in [1.807, 2.05) is 0 Å². The van der Waals surface area contributed by atoms with Gasteiger partial charge in [-0.25, -0.2) is 4.57 Å². The van der Waals surface area contributed by atoms with Crippen LogP contribution in [0.2, 0.25) is 0 Å². The number of unbranched alkanes of at least 4 members (excludes halogenated alkanes) is 11. The lowest BCUT2D eigenvalue weighted by atomic mass is 10.1. The maximum atomic E-state index is 2.45. The third kappa shape index (κ3) is 8.56. The molecule has 0 N–H and O–H groups in total. The molecule has 0 spiro atoms. The van der Waals surface area contributed by atoms with Crippen LogP contribution in [-0.2, 0) is 6.54 Å². The van der Waals surface area contributed by atoms with Gasteiger partial charge in [-0.1, -0.05) is 71.1 Å². The maximum absolute atomic E-state index is 2.45. The summed E-state index contributed by atoms with van der Waals surface area (Å²) < 4.78 is 2.45. The second kappa shape index (κ2) is 12.7. The van der Waals surface area contributed by atoms with Crippen molar-refractivity contribution in [1.29, 1.82) is 0 Å². The summed E-state index contributed by atoms with van der Waals surface area (Å²) in [4.78, 5) is 0. The molecule has 0 fully saturated rings. The van der Waals surface area contributed by atoms with E-state index >= 15 is 0 Å². The highest BCUT2D eigenvalue weighted by Gasteiger charge is 2.08. The van der Waals surface area contributed by atoms with Crippen LogP contribution in [-0.4, -0.2) is 0 Å². The third-order valence-corrected chi connectivity index (χ3v) is 4.76. The van der Waals surface area contributed by atoms with Crippen LogP contribution in [0, 0.1) is 13.8 Å². The first-order chi connectivity index (χ1) is 10.8. The zero-order valence-electron chi connectivity index (χ0n) is 15.4. The second-order valence-electron chi connectivity index (χ2n) is 6.85. The molecule has 0 amide bonds. The van der Waals surface area contributed by atoms with Crippen LogP contribution in [0.3, 0.4) is 0 Å². The Morgan fingerprint density at radius 3 is 1.50 bits per heavy atom. The standard InChI is InChI=1S/C21H38N/c1-4-5-6-7-8-9-10-11-12-13-14-15-19-22-20(2)17-16-18-21(22)3/h16-18H,4-15,19H2,1-3H3/q+1. The van der Waals surface area contributed by atoms with E-state index in [9.17, 15) is 0 Å². The molecule has 1 aromatic rings. The van der Waals surface area contributed by atoms with Gasteiger partial charge in [-0.05, 0) is 12.5 Å². The minimum absolute atomic E-state index is 1.19. The monoisotopic (exact) mass is 304 g/mol. The van der Waals surface area contributed by atoms with E-state index in [0.29, 0.717) is 0 Å². The van der Waals surface area contributed by atoms with Gasteiger partial charge in [-0.3, -0.25) is 0 Å². The molecular weight excluding hydrogens is 266 g/mol. The molecule has 0 unspecified atom stereocenters. The Balaban J connectivity index is 1.92. The number of rotatable bonds is 13. The Morgan fingerprint density at radius 1 is 0.636 bits per heavy atom.